The predicted octanol–water partition coefficient (Wildman–Crippen LogP) is 3.41. The SMILES string of the molecule is Cc1ccc(C#N)c(Oc2cc(C)c([N+](=O)[O-])cc2F)n1. The second-order valence-electron chi connectivity index (χ2n) is 4.35. The maximum atomic E-state index is 13.9. The molecular formula is C14H10FN3O3. The van der Waals surface area contributed by atoms with Crippen molar-refractivity contribution in [3.8, 4) is 17.7 Å². The lowest BCUT2D eigenvalue weighted by atomic mass is 10.2. The number of nitro benzene ring substituents is 1. The van der Waals surface area contributed by atoms with E-state index in [2.05, 4.69) is 4.98 Å². The average Bonchev–Trinajstić information content (AvgIpc) is 2.42. The molecule has 0 bridgehead atoms. The normalized spacial score (nSPS) is 10.0. The standard InChI is InChI=1S/C14H10FN3O3/c1-8-5-13(11(15)6-12(8)18(19)20)21-14-10(7-16)4-3-9(2)17-14/h3-6H,1-2H3. The summed E-state index contributed by atoms with van der Waals surface area (Å²) < 4.78 is 19.2. The maximum absolute atomic E-state index is 13.9. The Labute approximate surface area is 119 Å². The minimum absolute atomic E-state index is 0.0374. The number of nitro groups is 1. The number of benzene rings is 1. The zero-order valence-corrected chi connectivity index (χ0v) is 11.3. The van der Waals surface area contributed by atoms with Crippen LogP contribution in [0.3, 0.4) is 0 Å². The van der Waals surface area contributed by atoms with Crippen molar-refractivity contribution in [2.75, 3.05) is 0 Å². The van der Waals surface area contributed by atoms with Crippen LogP contribution in [0.15, 0.2) is 24.3 Å². The quantitative estimate of drug-likeness (QED) is 0.637. The Bertz CT molecular complexity index is 769. The Kier molecular flexibility index (Phi) is 3.80. The Morgan fingerprint density at radius 2 is 2.10 bits per heavy atom. The second kappa shape index (κ2) is 5.54. The molecule has 0 saturated carbocycles. The molecule has 0 amide bonds. The van der Waals surface area contributed by atoms with Gasteiger partial charge in [0.25, 0.3) is 5.69 Å². The molecule has 7 heteroatoms. The Hall–Kier alpha value is -3.01. The monoisotopic (exact) mass is 287 g/mol. The fourth-order valence-electron chi connectivity index (χ4n) is 1.72. The van der Waals surface area contributed by atoms with E-state index in [1.54, 1.807) is 13.0 Å². The van der Waals surface area contributed by atoms with Gasteiger partial charge in [-0.3, -0.25) is 10.1 Å². The number of nitriles is 1. The summed E-state index contributed by atoms with van der Waals surface area (Å²) >= 11 is 0. The van der Waals surface area contributed by atoms with Gasteiger partial charge in [0.2, 0.25) is 5.88 Å². The average molecular weight is 287 g/mol. The largest absolute Gasteiger partial charge is 0.435 e. The van der Waals surface area contributed by atoms with E-state index in [-0.39, 0.29) is 28.4 Å². The lowest BCUT2D eigenvalue weighted by Gasteiger charge is -2.09. The molecule has 0 N–H and O–H groups in total. The number of rotatable bonds is 3. The van der Waals surface area contributed by atoms with E-state index >= 15 is 0 Å². The van der Waals surface area contributed by atoms with Gasteiger partial charge in [-0.1, -0.05) is 0 Å². The molecule has 2 aromatic rings. The van der Waals surface area contributed by atoms with Crippen LogP contribution in [0, 0.1) is 41.1 Å². The molecule has 6 nitrogen and oxygen atoms in total. The molecule has 0 unspecified atom stereocenters. The molecule has 0 radical (unpaired) electrons. The van der Waals surface area contributed by atoms with E-state index < -0.39 is 10.7 Å². The molecule has 0 fully saturated rings. The number of aromatic nitrogens is 1. The van der Waals surface area contributed by atoms with Gasteiger partial charge in [-0.25, -0.2) is 9.37 Å². The van der Waals surface area contributed by atoms with Gasteiger partial charge in [-0.15, -0.1) is 0 Å². The molecule has 0 aliphatic carbocycles. The van der Waals surface area contributed by atoms with Crippen LogP contribution in [-0.4, -0.2) is 9.91 Å². The molecule has 106 valence electrons. The van der Waals surface area contributed by atoms with Crippen molar-refractivity contribution in [3.05, 3.63) is 57.0 Å². The van der Waals surface area contributed by atoms with Gasteiger partial charge in [0.1, 0.15) is 11.6 Å². The number of hydrogen-bond acceptors (Lipinski definition) is 5. The highest BCUT2D eigenvalue weighted by Gasteiger charge is 2.18. The topological polar surface area (TPSA) is 89.0 Å². The molecule has 1 aromatic carbocycles. The van der Waals surface area contributed by atoms with Crippen molar-refractivity contribution in [1.82, 2.24) is 4.98 Å². The van der Waals surface area contributed by atoms with Crippen molar-refractivity contribution in [2.24, 2.45) is 0 Å². The molecule has 21 heavy (non-hydrogen) atoms. The van der Waals surface area contributed by atoms with Crippen molar-refractivity contribution >= 4 is 5.69 Å². The van der Waals surface area contributed by atoms with Crippen LogP contribution in [0.4, 0.5) is 10.1 Å². The zero-order chi connectivity index (χ0) is 15.6. The fourth-order valence-corrected chi connectivity index (χ4v) is 1.72. The van der Waals surface area contributed by atoms with Crippen LogP contribution >= 0.6 is 0 Å². The third-order valence-corrected chi connectivity index (χ3v) is 2.77. The first kappa shape index (κ1) is 14.4. The van der Waals surface area contributed by atoms with Crippen LogP contribution in [0.2, 0.25) is 0 Å². The summed E-state index contributed by atoms with van der Waals surface area (Å²) in [6, 6.07) is 7.02. The van der Waals surface area contributed by atoms with Crippen molar-refractivity contribution in [1.29, 1.82) is 5.26 Å². The van der Waals surface area contributed by atoms with Gasteiger partial charge in [0.15, 0.2) is 11.6 Å². The number of aryl methyl sites for hydroxylation is 2. The number of pyridine rings is 1. The first-order valence-electron chi connectivity index (χ1n) is 5.92. The molecule has 2 rings (SSSR count). The first-order chi connectivity index (χ1) is 9.92. The molecule has 0 saturated heterocycles. The molecule has 0 atom stereocenters. The minimum Gasteiger partial charge on any atom is -0.435 e. The van der Waals surface area contributed by atoms with Crippen LogP contribution in [-0.2, 0) is 0 Å². The number of ether oxygens (including phenoxy) is 1. The zero-order valence-electron chi connectivity index (χ0n) is 11.3. The van der Waals surface area contributed by atoms with Crippen molar-refractivity contribution < 1.29 is 14.1 Å². The summed E-state index contributed by atoms with van der Waals surface area (Å²) in [4.78, 5) is 14.1. The highest BCUT2D eigenvalue weighted by molar-refractivity contribution is 5.48. The van der Waals surface area contributed by atoms with Crippen LogP contribution in [0.25, 0.3) is 0 Å². The Balaban J connectivity index is 2.46. The Morgan fingerprint density at radius 3 is 2.71 bits per heavy atom. The number of halogens is 1. The number of hydrogen-bond donors (Lipinski definition) is 0. The molecule has 0 aliphatic rings. The van der Waals surface area contributed by atoms with Crippen molar-refractivity contribution in [2.45, 2.75) is 13.8 Å². The van der Waals surface area contributed by atoms with Crippen molar-refractivity contribution in [3.63, 3.8) is 0 Å². The predicted molar refractivity (Wildman–Crippen MR) is 71.6 cm³/mol. The fraction of sp³-hybridized carbons (Fsp3) is 0.143. The van der Waals surface area contributed by atoms with Crippen LogP contribution in [0.5, 0.6) is 11.6 Å². The van der Waals surface area contributed by atoms with E-state index in [4.69, 9.17) is 10.00 Å². The lowest BCUT2D eigenvalue weighted by molar-refractivity contribution is -0.385. The molecular weight excluding hydrogens is 277 g/mol. The third kappa shape index (κ3) is 2.95. The van der Waals surface area contributed by atoms with Gasteiger partial charge < -0.3 is 4.74 Å². The minimum atomic E-state index is -0.889. The van der Waals surface area contributed by atoms with E-state index in [1.807, 2.05) is 6.07 Å². The van der Waals surface area contributed by atoms with Gasteiger partial charge in [0.05, 0.1) is 11.0 Å². The van der Waals surface area contributed by atoms with Gasteiger partial charge >= 0.3 is 0 Å². The van der Waals surface area contributed by atoms with E-state index in [9.17, 15) is 14.5 Å². The molecule has 1 aromatic heterocycles. The van der Waals surface area contributed by atoms with E-state index in [0.717, 1.165) is 6.07 Å². The van der Waals surface area contributed by atoms with Gasteiger partial charge in [-0.05, 0) is 32.0 Å². The summed E-state index contributed by atoms with van der Waals surface area (Å²) in [5.74, 6) is -1.14. The maximum Gasteiger partial charge on any atom is 0.275 e. The van der Waals surface area contributed by atoms with E-state index in [1.165, 1.54) is 19.1 Å². The smallest absolute Gasteiger partial charge is 0.275 e. The summed E-state index contributed by atoms with van der Waals surface area (Å²) in [6.07, 6.45) is 0. The highest BCUT2D eigenvalue weighted by Crippen LogP contribution is 2.31. The summed E-state index contributed by atoms with van der Waals surface area (Å²) in [5.41, 5.74) is 0.666. The third-order valence-electron chi connectivity index (χ3n) is 2.77. The Morgan fingerprint density at radius 1 is 1.38 bits per heavy atom. The highest BCUT2D eigenvalue weighted by atomic mass is 19.1. The summed E-state index contributed by atoms with van der Waals surface area (Å²) in [6.45, 7) is 3.17. The number of nitrogens with zero attached hydrogens (tertiary/aromatic N) is 3. The molecule has 1 heterocycles. The second-order valence-corrected chi connectivity index (χ2v) is 4.35. The van der Waals surface area contributed by atoms with Crippen LogP contribution in [0.1, 0.15) is 16.8 Å². The molecule has 0 spiro atoms. The van der Waals surface area contributed by atoms with E-state index in [0.29, 0.717) is 5.69 Å². The summed E-state index contributed by atoms with van der Waals surface area (Å²) in [5, 5.41) is 19.7. The van der Waals surface area contributed by atoms with Gasteiger partial charge in [-0.2, -0.15) is 5.26 Å². The van der Waals surface area contributed by atoms with Gasteiger partial charge in [0, 0.05) is 11.3 Å². The summed E-state index contributed by atoms with van der Waals surface area (Å²) in [7, 11) is 0. The molecule has 0 aliphatic heterocycles. The van der Waals surface area contributed by atoms with Crippen LogP contribution < -0.4 is 4.74 Å². The first-order valence-corrected chi connectivity index (χ1v) is 5.92. The lowest BCUT2D eigenvalue weighted by Crippen LogP contribution is -1.98.